The summed E-state index contributed by atoms with van der Waals surface area (Å²) in [6, 6.07) is 0.766. The Bertz CT molecular complexity index is 475. The largest absolute Gasteiger partial charge is 0.314 e. The fourth-order valence-electron chi connectivity index (χ4n) is 3.48. The highest BCUT2D eigenvalue weighted by atomic mass is 15.3. The molecule has 2 aliphatic heterocycles. The van der Waals surface area contributed by atoms with Crippen LogP contribution in [-0.2, 0) is 19.0 Å². The molecule has 0 unspecified atom stereocenters. The number of likely N-dealkylation sites (tertiary alicyclic amines) is 1. The number of aromatic nitrogens is 2. The van der Waals surface area contributed by atoms with E-state index in [0.29, 0.717) is 0 Å². The highest BCUT2D eigenvalue weighted by Gasteiger charge is 2.33. The van der Waals surface area contributed by atoms with E-state index in [1.165, 1.54) is 37.4 Å². The molecular weight excluding hydrogens is 262 g/mol. The highest BCUT2D eigenvalue weighted by Crippen LogP contribution is 2.27. The van der Waals surface area contributed by atoms with E-state index in [-0.39, 0.29) is 5.41 Å². The Morgan fingerprint density at radius 3 is 2.52 bits per heavy atom. The molecular formula is C16H29N5. The van der Waals surface area contributed by atoms with Gasteiger partial charge >= 0.3 is 0 Å². The van der Waals surface area contributed by atoms with Crippen LogP contribution in [0.1, 0.15) is 32.0 Å². The zero-order valence-electron chi connectivity index (χ0n) is 13.9. The van der Waals surface area contributed by atoms with Gasteiger partial charge in [-0.15, -0.1) is 0 Å². The van der Waals surface area contributed by atoms with Crippen molar-refractivity contribution in [2.75, 3.05) is 39.3 Å². The minimum Gasteiger partial charge on any atom is -0.314 e. The third-order valence-corrected chi connectivity index (χ3v) is 4.61. The Kier molecular flexibility index (Phi) is 4.08. The van der Waals surface area contributed by atoms with Gasteiger partial charge in [-0.25, -0.2) is 0 Å². The fourth-order valence-corrected chi connectivity index (χ4v) is 3.48. The SMILES string of the molecule is Cn1cc(CN2CC(N3CCNCC3)C2)c(C(C)(C)C)n1. The van der Waals surface area contributed by atoms with Crippen LogP contribution < -0.4 is 5.32 Å². The Hall–Kier alpha value is -0.910. The molecule has 2 aliphatic rings. The molecule has 0 aromatic carbocycles. The summed E-state index contributed by atoms with van der Waals surface area (Å²) in [4.78, 5) is 5.19. The zero-order chi connectivity index (χ0) is 15.0. The molecule has 5 heteroatoms. The second-order valence-corrected chi connectivity index (χ2v) is 7.56. The number of nitrogens with zero attached hydrogens (tertiary/aromatic N) is 4. The lowest BCUT2D eigenvalue weighted by Gasteiger charge is -2.47. The molecule has 118 valence electrons. The summed E-state index contributed by atoms with van der Waals surface area (Å²) < 4.78 is 1.96. The molecule has 2 fully saturated rings. The maximum Gasteiger partial charge on any atom is 0.0722 e. The molecule has 1 aromatic rings. The van der Waals surface area contributed by atoms with Crippen molar-refractivity contribution in [1.29, 1.82) is 0 Å². The van der Waals surface area contributed by atoms with Gasteiger partial charge in [0.15, 0.2) is 0 Å². The van der Waals surface area contributed by atoms with Gasteiger partial charge in [-0.1, -0.05) is 20.8 Å². The Balaban J connectivity index is 1.57. The van der Waals surface area contributed by atoms with Gasteiger partial charge in [-0.2, -0.15) is 5.10 Å². The van der Waals surface area contributed by atoms with E-state index in [0.717, 1.165) is 25.7 Å². The van der Waals surface area contributed by atoms with Crippen LogP contribution in [0.4, 0.5) is 0 Å². The lowest BCUT2D eigenvalue weighted by Crippen LogP contribution is -2.62. The Morgan fingerprint density at radius 2 is 1.90 bits per heavy atom. The van der Waals surface area contributed by atoms with Crippen molar-refractivity contribution >= 4 is 0 Å². The molecule has 1 N–H and O–H groups in total. The normalized spacial score (nSPS) is 22.5. The monoisotopic (exact) mass is 291 g/mol. The molecule has 0 bridgehead atoms. The molecule has 2 saturated heterocycles. The van der Waals surface area contributed by atoms with E-state index in [1.54, 1.807) is 0 Å². The number of hydrogen-bond donors (Lipinski definition) is 1. The minimum atomic E-state index is 0.124. The van der Waals surface area contributed by atoms with E-state index >= 15 is 0 Å². The lowest BCUT2D eigenvalue weighted by atomic mass is 9.89. The second kappa shape index (κ2) is 5.71. The molecule has 5 nitrogen and oxygen atoms in total. The van der Waals surface area contributed by atoms with Crippen LogP contribution in [0, 0.1) is 0 Å². The van der Waals surface area contributed by atoms with Gasteiger partial charge in [0.1, 0.15) is 0 Å². The Labute approximate surface area is 128 Å². The minimum absolute atomic E-state index is 0.124. The van der Waals surface area contributed by atoms with Crippen molar-refractivity contribution in [2.45, 2.75) is 38.8 Å². The van der Waals surface area contributed by atoms with E-state index in [9.17, 15) is 0 Å². The lowest BCUT2D eigenvalue weighted by molar-refractivity contribution is 0.0220. The van der Waals surface area contributed by atoms with E-state index < -0.39 is 0 Å². The summed E-state index contributed by atoms with van der Waals surface area (Å²) in [5.74, 6) is 0. The first kappa shape index (κ1) is 15.0. The van der Waals surface area contributed by atoms with Crippen LogP contribution in [0.5, 0.6) is 0 Å². The first-order valence-corrected chi connectivity index (χ1v) is 8.13. The van der Waals surface area contributed by atoms with Gasteiger partial charge < -0.3 is 5.32 Å². The first-order valence-electron chi connectivity index (χ1n) is 8.13. The van der Waals surface area contributed by atoms with Gasteiger partial charge in [-0.05, 0) is 0 Å². The summed E-state index contributed by atoms with van der Waals surface area (Å²) in [6.45, 7) is 14.9. The molecule has 0 amide bonds. The molecule has 21 heavy (non-hydrogen) atoms. The molecule has 3 heterocycles. The second-order valence-electron chi connectivity index (χ2n) is 7.56. The molecule has 0 atom stereocenters. The van der Waals surface area contributed by atoms with Gasteiger partial charge in [0, 0.05) is 76.1 Å². The zero-order valence-corrected chi connectivity index (χ0v) is 13.9. The number of rotatable bonds is 3. The van der Waals surface area contributed by atoms with E-state index in [1.807, 2.05) is 11.7 Å². The predicted molar refractivity (Wildman–Crippen MR) is 85.4 cm³/mol. The van der Waals surface area contributed by atoms with Crippen molar-refractivity contribution in [2.24, 2.45) is 7.05 Å². The van der Waals surface area contributed by atoms with Crippen molar-refractivity contribution < 1.29 is 0 Å². The number of aryl methyl sites for hydroxylation is 1. The number of hydrogen-bond acceptors (Lipinski definition) is 4. The van der Waals surface area contributed by atoms with Gasteiger partial charge in [0.25, 0.3) is 0 Å². The molecule has 3 rings (SSSR count). The molecule has 0 aliphatic carbocycles. The quantitative estimate of drug-likeness (QED) is 0.894. The van der Waals surface area contributed by atoms with Crippen LogP contribution in [0.25, 0.3) is 0 Å². The number of piperazine rings is 1. The van der Waals surface area contributed by atoms with Crippen molar-refractivity contribution in [3.8, 4) is 0 Å². The maximum atomic E-state index is 4.67. The average Bonchev–Trinajstić information content (AvgIpc) is 2.75. The molecule has 0 saturated carbocycles. The summed E-state index contributed by atoms with van der Waals surface area (Å²) in [5, 5.41) is 8.10. The summed E-state index contributed by atoms with van der Waals surface area (Å²) in [6.07, 6.45) is 2.19. The smallest absolute Gasteiger partial charge is 0.0722 e. The summed E-state index contributed by atoms with van der Waals surface area (Å²) in [7, 11) is 2.03. The predicted octanol–water partition coefficient (Wildman–Crippen LogP) is 0.807. The van der Waals surface area contributed by atoms with Crippen molar-refractivity contribution in [3.63, 3.8) is 0 Å². The fraction of sp³-hybridized carbons (Fsp3) is 0.812. The van der Waals surface area contributed by atoms with Crippen molar-refractivity contribution in [1.82, 2.24) is 24.9 Å². The third kappa shape index (κ3) is 3.30. The molecule has 1 aromatic heterocycles. The molecule has 0 spiro atoms. The van der Waals surface area contributed by atoms with E-state index in [4.69, 9.17) is 0 Å². The third-order valence-electron chi connectivity index (χ3n) is 4.61. The van der Waals surface area contributed by atoms with E-state index in [2.05, 4.69) is 47.2 Å². The van der Waals surface area contributed by atoms with Crippen molar-refractivity contribution in [3.05, 3.63) is 17.5 Å². The van der Waals surface area contributed by atoms with Crippen LogP contribution in [-0.4, -0.2) is 64.9 Å². The van der Waals surface area contributed by atoms with Crippen LogP contribution in [0.3, 0.4) is 0 Å². The highest BCUT2D eigenvalue weighted by molar-refractivity contribution is 5.24. The van der Waals surface area contributed by atoms with Crippen LogP contribution in [0.2, 0.25) is 0 Å². The summed E-state index contributed by atoms with van der Waals surface area (Å²) in [5.41, 5.74) is 2.76. The molecule has 0 radical (unpaired) electrons. The van der Waals surface area contributed by atoms with Gasteiger partial charge in [0.2, 0.25) is 0 Å². The number of nitrogens with one attached hydrogen (secondary N) is 1. The van der Waals surface area contributed by atoms with Crippen LogP contribution >= 0.6 is 0 Å². The first-order chi connectivity index (χ1) is 9.93. The van der Waals surface area contributed by atoms with Crippen LogP contribution in [0.15, 0.2) is 6.20 Å². The topological polar surface area (TPSA) is 36.3 Å². The Morgan fingerprint density at radius 1 is 1.24 bits per heavy atom. The van der Waals surface area contributed by atoms with Gasteiger partial charge in [0.05, 0.1) is 5.69 Å². The maximum absolute atomic E-state index is 4.67. The average molecular weight is 291 g/mol. The standard InChI is InChI=1S/C16H29N5/c1-16(2,3)15-13(9-19(4)18-15)10-20-11-14(12-20)21-7-5-17-6-8-21/h9,14,17H,5-8,10-12H2,1-4H3. The van der Waals surface area contributed by atoms with Gasteiger partial charge in [-0.3, -0.25) is 14.5 Å². The summed E-state index contributed by atoms with van der Waals surface area (Å²) >= 11 is 0.